The summed E-state index contributed by atoms with van der Waals surface area (Å²) in [6.45, 7) is 2.49. The number of hydrogen-bond acceptors (Lipinski definition) is 5. The summed E-state index contributed by atoms with van der Waals surface area (Å²) in [5.74, 6) is 1.05. The van der Waals surface area contributed by atoms with Gasteiger partial charge >= 0.3 is 0 Å². The highest BCUT2D eigenvalue weighted by molar-refractivity contribution is 5.90. The first-order valence-electron chi connectivity index (χ1n) is 9.16. The molecule has 6 heteroatoms. The van der Waals surface area contributed by atoms with E-state index in [1.54, 1.807) is 0 Å². The van der Waals surface area contributed by atoms with Crippen molar-refractivity contribution < 1.29 is 0 Å². The third-order valence-corrected chi connectivity index (χ3v) is 4.64. The van der Waals surface area contributed by atoms with E-state index in [2.05, 4.69) is 68.5 Å². The van der Waals surface area contributed by atoms with E-state index in [0.29, 0.717) is 6.54 Å². The van der Waals surface area contributed by atoms with Gasteiger partial charge in [0, 0.05) is 37.9 Å². The molecule has 0 saturated heterocycles. The molecule has 0 saturated carbocycles. The fraction of sp³-hybridized carbons (Fsp3) is 0.238. The molecule has 1 aromatic carbocycles. The highest BCUT2D eigenvalue weighted by atomic mass is 15.2. The second-order valence-corrected chi connectivity index (χ2v) is 6.61. The molecule has 0 amide bonds. The van der Waals surface area contributed by atoms with Crippen LogP contribution in [0.5, 0.6) is 0 Å². The van der Waals surface area contributed by atoms with Crippen LogP contribution in [0, 0.1) is 0 Å². The number of nitrogens with one attached hydrogen (secondary N) is 2. The van der Waals surface area contributed by atoms with Crippen LogP contribution >= 0.6 is 0 Å². The Morgan fingerprint density at radius 2 is 1.89 bits per heavy atom. The molecule has 0 radical (unpaired) electrons. The van der Waals surface area contributed by atoms with Crippen LogP contribution in [0.2, 0.25) is 0 Å². The van der Waals surface area contributed by atoms with Crippen molar-refractivity contribution in [2.75, 3.05) is 37.4 Å². The van der Waals surface area contributed by atoms with Crippen LogP contribution in [0.1, 0.15) is 5.69 Å². The maximum Gasteiger partial charge on any atom is 0.138 e. The maximum atomic E-state index is 4.79. The number of hydrogen-bond donors (Lipinski definition) is 2. The van der Waals surface area contributed by atoms with Gasteiger partial charge in [-0.1, -0.05) is 24.3 Å². The topological polar surface area (TPSA) is 57.5 Å². The van der Waals surface area contributed by atoms with E-state index in [1.165, 1.54) is 0 Å². The third kappa shape index (κ3) is 3.57. The van der Waals surface area contributed by atoms with Gasteiger partial charge in [0.2, 0.25) is 0 Å². The molecule has 4 rings (SSSR count). The molecule has 0 aliphatic rings. The number of nitrogens with zero attached hydrogens (tertiary/aromatic N) is 4. The van der Waals surface area contributed by atoms with Gasteiger partial charge in [-0.05, 0) is 31.3 Å². The summed E-state index contributed by atoms with van der Waals surface area (Å²) < 4.78 is 2.11. The van der Waals surface area contributed by atoms with Crippen LogP contribution in [0.3, 0.4) is 0 Å². The van der Waals surface area contributed by atoms with E-state index in [4.69, 9.17) is 4.98 Å². The molecule has 0 aliphatic carbocycles. The van der Waals surface area contributed by atoms with Crippen LogP contribution < -0.4 is 15.5 Å². The lowest BCUT2D eigenvalue weighted by atomic mass is 10.2. The minimum absolute atomic E-state index is 0.716. The number of imidazole rings is 1. The van der Waals surface area contributed by atoms with Crippen molar-refractivity contribution in [3.8, 4) is 0 Å². The quantitative estimate of drug-likeness (QED) is 0.496. The molecular weight excluding hydrogens is 336 g/mol. The Morgan fingerprint density at radius 1 is 1.04 bits per heavy atom. The summed E-state index contributed by atoms with van der Waals surface area (Å²) in [5, 5.41) is 7.74. The number of benzene rings is 1. The van der Waals surface area contributed by atoms with Crippen molar-refractivity contribution in [1.82, 2.24) is 19.7 Å². The van der Waals surface area contributed by atoms with Crippen LogP contribution in [-0.4, -0.2) is 41.6 Å². The second kappa shape index (κ2) is 7.63. The van der Waals surface area contributed by atoms with E-state index in [0.717, 1.165) is 46.8 Å². The van der Waals surface area contributed by atoms with Crippen LogP contribution in [0.4, 0.5) is 11.5 Å². The average molecular weight is 360 g/mol. The number of pyridine rings is 2. The van der Waals surface area contributed by atoms with Crippen LogP contribution in [0.15, 0.2) is 60.9 Å². The highest BCUT2D eigenvalue weighted by Gasteiger charge is 2.11. The number of para-hydroxylation sites is 1. The minimum Gasteiger partial charge on any atom is -0.370 e. The van der Waals surface area contributed by atoms with Crippen molar-refractivity contribution >= 4 is 28.1 Å². The van der Waals surface area contributed by atoms with Gasteiger partial charge in [-0.25, -0.2) is 4.98 Å². The molecule has 4 aromatic rings. The number of aromatic nitrogens is 3. The first-order valence-corrected chi connectivity index (χ1v) is 9.16. The van der Waals surface area contributed by atoms with E-state index in [-0.39, 0.29) is 0 Å². The van der Waals surface area contributed by atoms with Gasteiger partial charge in [-0.15, -0.1) is 0 Å². The van der Waals surface area contributed by atoms with Crippen molar-refractivity contribution in [3.63, 3.8) is 0 Å². The maximum absolute atomic E-state index is 4.79. The van der Waals surface area contributed by atoms with E-state index >= 15 is 0 Å². The Hall–Kier alpha value is -3.12. The van der Waals surface area contributed by atoms with Crippen molar-refractivity contribution in [3.05, 3.63) is 66.6 Å². The normalized spacial score (nSPS) is 11.2. The summed E-state index contributed by atoms with van der Waals surface area (Å²) in [6, 6.07) is 16.5. The Balaban J connectivity index is 1.60. The van der Waals surface area contributed by atoms with E-state index < -0.39 is 0 Å². The average Bonchev–Trinajstić information content (AvgIpc) is 3.11. The molecule has 0 aliphatic heterocycles. The molecule has 0 unspecified atom stereocenters. The zero-order valence-corrected chi connectivity index (χ0v) is 15.7. The smallest absolute Gasteiger partial charge is 0.138 e. The van der Waals surface area contributed by atoms with E-state index in [9.17, 15) is 0 Å². The predicted molar refractivity (Wildman–Crippen MR) is 111 cm³/mol. The fourth-order valence-electron chi connectivity index (χ4n) is 3.32. The van der Waals surface area contributed by atoms with E-state index in [1.807, 2.05) is 31.4 Å². The lowest BCUT2D eigenvalue weighted by Crippen LogP contribution is -2.18. The van der Waals surface area contributed by atoms with Crippen molar-refractivity contribution in [1.29, 1.82) is 0 Å². The number of likely N-dealkylation sites (N-methyl/N-ethyl adjacent to an activating group) is 1. The summed E-state index contributed by atoms with van der Waals surface area (Å²) in [6.07, 6.45) is 3.94. The second-order valence-electron chi connectivity index (χ2n) is 6.61. The molecule has 138 valence electrons. The van der Waals surface area contributed by atoms with Gasteiger partial charge in [-0.3, -0.25) is 9.38 Å². The van der Waals surface area contributed by atoms with Crippen LogP contribution in [0.25, 0.3) is 16.6 Å². The molecule has 27 heavy (non-hydrogen) atoms. The summed E-state index contributed by atoms with van der Waals surface area (Å²) in [4.78, 5) is 11.6. The van der Waals surface area contributed by atoms with Gasteiger partial charge in [-0.2, -0.15) is 0 Å². The third-order valence-electron chi connectivity index (χ3n) is 4.64. The molecule has 0 fully saturated rings. The molecule has 2 N–H and O–H groups in total. The summed E-state index contributed by atoms with van der Waals surface area (Å²) >= 11 is 0. The molecule has 0 spiro atoms. The summed E-state index contributed by atoms with van der Waals surface area (Å²) in [5.41, 5.74) is 4.09. The SMILES string of the molecule is CNCCNc1cccc2nc(CN(C)c3cccc4cccnc34)cn12. The van der Waals surface area contributed by atoms with Gasteiger partial charge < -0.3 is 15.5 Å². The molecule has 3 heterocycles. The zero-order chi connectivity index (χ0) is 18.6. The number of rotatable bonds is 7. The Bertz CT molecular complexity index is 1050. The molecular formula is C21H24N6. The molecule has 3 aromatic heterocycles. The van der Waals surface area contributed by atoms with Gasteiger partial charge in [0.15, 0.2) is 0 Å². The minimum atomic E-state index is 0.716. The Kier molecular flexibility index (Phi) is 4.89. The fourth-order valence-corrected chi connectivity index (χ4v) is 3.32. The predicted octanol–water partition coefficient (Wildman–Crippen LogP) is 3.15. The Labute approximate surface area is 158 Å². The van der Waals surface area contributed by atoms with Crippen LogP contribution in [-0.2, 0) is 6.54 Å². The Morgan fingerprint density at radius 3 is 2.78 bits per heavy atom. The van der Waals surface area contributed by atoms with Gasteiger partial charge in [0.1, 0.15) is 11.5 Å². The first-order chi connectivity index (χ1) is 13.3. The number of anilines is 2. The summed E-state index contributed by atoms with van der Waals surface area (Å²) in [7, 11) is 4.04. The standard InChI is InChI=1S/C21H24N6/c1-22-12-13-23-19-9-4-10-20-25-17(15-27(19)20)14-26(2)18-8-3-6-16-7-5-11-24-21(16)18/h3-11,15,22-23H,12-14H2,1-2H3. The molecule has 6 nitrogen and oxygen atoms in total. The van der Waals surface area contributed by atoms with Gasteiger partial charge in [0.25, 0.3) is 0 Å². The lowest BCUT2D eigenvalue weighted by molar-refractivity contribution is 0.819. The number of fused-ring (bicyclic) bond motifs is 2. The van der Waals surface area contributed by atoms with Gasteiger partial charge in [0.05, 0.1) is 23.4 Å². The zero-order valence-electron chi connectivity index (χ0n) is 15.7. The van der Waals surface area contributed by atoms with Crippen molar-refractivity contribution in [2.24, 2.45) is 0 Å². The lowest BCUT2D eigenvalue weighted by Gasteiger charge is -2.19. The first kappa shape index (κ1) is 17.3. The van der Waals surface area contributed by atoms with Crippen molar-refractivity contribution in [2.45, 2.75) is 6.54 Å². The monoisotopic (exact) mass is 360 g/mol. The largest absolute Gasteiger partial charge is 0.370 e. The highest BCUT2D eigenvalue weighted by Crippen LogP contribution is 2.25. The molecule has 0 atom stereocenters. The molecule has 0 bridgehead atoms.